The average Bonchev–Trinajstić information content (AvgIpc) is 2.42. The van der Waals surface area contributed by atoms with Gasteiger partial charge in [-0.1, -0.05) is 13.8 Å². The largest absolute Gasteiger partial charge is 0.351 e. The first-order chi connectivity index (χ1) is 9.63. The van der Waals surface area contributed by atoms with E-state index in [2.05, 4.69) is 36.0 Å². The Kier molecular flexibility index (Phi) is 5.35. The van der Waals surface area contributed by atoms with Crippen molar-refractivity contribution >= 4 is 5.82 Å². The van der Waals surface area contributed by atoms with Crippen LogP contribution in [0.15, 0.2) is 12.3 Å². The lowest BCUT2D eigenvalue weighted by Crippen LogP contribution is -2.41. The molecular weight excluding hydrogens is 253 g/mol. The Morgan fingerprint density at radius 3 is 2.95 bits per heavy atom. The number of piperidine rings is 1. The Bertz CT molecular complexity index is 436. The first-order valence-corrected chi connectivity index (χ1v) is 7.74. The van der Waals surface area contributed by atoms with Gasteiger partial charge in [0.15, 0.2) is 11.6 Å². The van der Waals surface area contributed by atoms with Crippen LogP contribution in [0.25, 0.3) is 0 Å². The molecule has 2 heterocycles. The van der Waals surface area contributed by atoms with E-state index in [0.717, 1.165) is 38.3 Å². The van der Waals surface area contributed by atoms with Gasteiger partial charge < -0.3 is 10.2 Å². The smallest absolute Gasteiger partial charge is 0.170 e. The normalized spacial score (nSPS) is 23.1. The molecule has 0 bridgehead atoms. The first-order valence-electron chi connectivity index (χ1n) is 7.74. The number of nitrogens with one attached hydrogen (secondary N) is 1. The summed E-state index contributed by atoms with van der Waals surface area (Å²) in [6.45, 7) is 8.93. The van der Waals surface area contributed by atoms with Crippen LogP contribution in [0.4, 0.5) is 10.2 Å². The Morgan fingerprint density at radius 1 is 1.45 bits per heavy atom. The van der Waals surface area contributed by atoms with E-state index < -0.39 is 0 Å². The summed E-state index contributed by atoms with van der Waals surface area (Å²) >= 11 is 0. The van der Waals surface area contributed by atoms with Gasteiger partial charge in [-0.05, 0) is 44.7 Å². The van der Waals surface area contributed by atoms with Crippen molar-refractivity contribution < 1.29 is 4.39 Å². The second-order valence-corrected chi connectivity index (χ2v) is 5.96. The lowest BCUT2D eigenvalue weighted by atomic mass is 9.93. The maximum Gasteiger partial charge on any atom is 0.170 e. The van der Waals surface area contributed by atoms with Crippen LogP contribution in [0.5, 0.6) is 0 Å². The SMILES string of the molecule is CCCNCc1ccnc(N2CCC(C)CC2C)c1F. The van der Waals surface area contributed by atoms with Crippen LogP contribution in [-0.2, 0) is 6.54 Å². The van der Waals surface area contributed by atoms with Gasteiger partial charge in [-0.3, -0.25) is 0 Å². The minimum absolute atomic E-state index is 0.155. The fourth-order valence-electron chi connectivity index (χ4n) is 2.93. The summed E-state index contributed by atoms with van der Waals surface area (Å²) in [4.78, 5) is 6.41. The highest BCUT2D eigenvalue weighted by Gasteiger charge is 2.26. The van der Waals surface area contributed by atoms with Gasteiger partial charge in [0, 0.05) is 30.9 Å². The van der Waals surface area contributed by atoms with E-state index in [4.69, 9.17) is 0 Å². The molecule has 1 aromatic heterocycles. The molecule has 0 saturated carbocycles. The van der Waals surface area contributed by atoms with Gasteiger partial charge >= 0.3 is 0 Å². The fraction of sp³-hybridized carbons (Fsp3) is 0.688. The van der Waals surface area contributed by atoms with Crippen molar-refractivity contribution in [3.63, 3.8) is 0 Å². The van der Waals surface area contributed by atoms with Crippen LogP contribution in [0.3, 0.4) is 0 Å². The van der Waals surface area contributed by atoms with Gasteiger partial charge in [0.25, 0.3) is 0 Å². The molecule has 1 N–H and O–H groups in total. The zero-order valence-electron chi connectivity index (χ0n) is 12.8. The molecule has 0 radical (unpaired) electrons. The molecule has 2 atom stereocenters. The third-order valence-electron chi connectivity index (χ3n) is 4.10. The van der Waals surface area contributed by atoms with E-state index in [1.54, 1.807) is 12.3 Å². The number of halogens is 1. The fourth-order valence-corrected chi connectivity index (χ4v) is 2.93. The van der Waals surface area contributed by atoms with Crippen molar-refractivity contribution in [1.29, 1.82) is 0 Å². The molecule has 1 aliphatic heterocycles. The zero-order valence-corrected chi connectivity index (χ0v) is 12.8. The number of hydrogen-bond donors (Lipinski definition) is 1. The quantitative estimate of drug-likeness (QED) is 0.838. The van der Waals surface area contributed by atoms with Crippen molar-refractivity contribution in [3.05, 3.63) is 23.6 Å². The zero-order chi connectivity index (χ0) is 14.5. The summed E-state index contributed by atoms with van der Waals surface area (Å²) < 4.78 is 14.6. The number of rotatable bonds is 5. The predicted octanol–water partition coefficient (Wildman–Crippen LogP) is 3.35. The Balaban J connectivity index is 2.13. The highest BCUT2D eigenvalue weighted by Crippen LogP contribution is 2.29. The number of aromatic nitrogens is 1. The maximum atomic E-state index is 14.6. The van der Waals surface area contributed by atoms with Crippen LogP contribution in [0.1, 0.15) is 45.6 Å². The molecule has 0 spiro atoms. The third kappa shape index (κ3) is 3.48. The summed E-state index contributed by atoms with van der Waals surface area (Å²) in [5.74, 6) is 1.09. The van der Waals surface area contributed by atoms with Crippen LogP contribution in [-0.4, -0.2) is 24.1 Å². The van der Waals surface area contributed by atoms with Gasteiger partial charge in [0.2, 0.25) is 0 Å². The summed E-state index contributed by atoms with van der Waals surface area (Å²) in [5.41, 5.74) is 0.717. The molecule has 1 aromatic rings. The number of pyridine rings is 1. The van der Waals surface area contributed by atoms with E-state index in [1.807, 2.05) is 0 Å². The molecular formula is C16H26FN3. The van der Waals surface area contributed by atoms with E-state index in [0.29, 0.717) is 24.0 Å². The highest BCUT2D eigenvalue weighted by molar-refractivity contribution is 5.44. The molecule has 1 fully saturated rings. The first kappa shape index (κ1) is 15.2. The monoisotopic (exact) mass is 279 g/mol. The molecule has 1 saturated heterocycles. The van der Waals surface area contributed by atoms with Gasteiger partial charge in [-0.15, -0.1) is 0 Å². The average molecular weight is 279 g/mol. The summed E-state index contributed by atoms with van der Waals surface area (Å²) in [5, 5.41) is 3.25. The summed E-state index contributed by atoms with van der Waals surface area (Å²) in [6, 6.07) is 2.14. The van der Waals surface area contributed by atoms with Crippen LogP contribution in [0, 0.1) is 11.7 Å². The molecule has 3 nitrogen and oxygen atoms in total. The molecule has 0 aromatic carbocycles. The molecule has 2 unspecified atom stereocenters. The lowest BCUT2D eigenvalue weighted by Gasteiger charge is -2.37. The summed E-state index contributed by atoms with van der Waals surface area (Å²) in [7, 11) is 0. The van der Waals surface area contributed by atoms with Crippen molar-refractivity contribution in [1.82, 2.24) is 10.3 Å². The summed E-state index contributed by atoms with van der Waals surface area (Å²) in [6.07, 6.45) is 5.01. The molecule has 20 heavy (non-hydrogen) atoms. The maximum absolute atomic E-state index is 14.6. The Labute approximate surface area is 121 Å². The minimum Gasteiger partial charge on any atom is -0.351 e. The molecule has 1 aliphatic rings. The van der Waals surface area contributed by atoms with Gasteiger partial charge in [0.05, 0.1) is 0 Å². The van der Waals surface area contributed by atoms with Crippen molar-refractivity contribution in [2.75, 3.05) is 18.0 Å². The standard InChI is InChI=1S/C16H26FN3/c1-4-7-18-11-14-5-8-19-16(15(14)17)20-9-6-12(2)10-13(20)3/h5,8,12-13,18H,4,6-7,9-11H2,1-3H3. The number of hydrogen-bond acceptors (Lipinski definition) is 3. The van der Waals surface area contributed by atoms with Crippen molar-refractivity contribution in [2.45, 2.75) is 52.6 Å². The number of anilines is 1. The minimum atomic E-state index is -0.155. The van der Waals surface area contributed by atoms with E-state index in [-0.39, 0.29) is 5.82 Å². The van der Waals surface area contributed by atoms with E-state index >= 15 is 0 Å². The van der Waals surface area contributed by atoms with Gasteiger partial charge in [-0.25, -0.2) is 9.37 Å². The van der Waals surface area contributed by atoms with Gasteiger partial charge in [-0.2, -0.15) is 0 Å². The van der Waals surface area contributed by atoms with Crippen LogP contribution >= 0.6 is 0 Å². The molecule has 0 aliphatic carbocycles. The Hall–Kier alpha value is -1.16. The molecule has 112 valence electrons. The highest BCUT2D eigenvalue weighted by atomic mass is 19.1. The number of nitrogens with zero attached hydrogens (tertiary/aromatic N) is 2. The lowest BCUT2D eigenvalue weighted by molar-refractivity contribution is 0.372. The second kappa shape index (κ2) is 7.02. The molecule has 0 amide bonds. The van der Waals surface area contributed by atoms with Crippen LogP contribution < -0.4 is 10.2 Å². The van der Waals surface area contributed by atoms with E-state index in [9.17, 15) is 4.39 Å². The van der Waals surface area contributed by atoms with Crippen LogP contribution in [0.2, 0.25) is 0 Å². The third-order valence-corrected chi connectivity index (χ3v) is 4.10. The molecule has 4 heteroatoms. The van der Waals surface area contributed by atoms with Crippen molar-refractivity contribution in [2.24, 2.45) is 5.92 Å². The predicted molar refractivity (Wildman–Crippen MR) is 81.4 cm³/mol. The Morgan fingerprint density at radius 2 is 2.25 bits per heavy atom. The topological polar surface area (TPSA) is 28.2 Å². The second-order valence-electron chi connectivity index (χ2n) is 5.96. The van der Waals surface area contributed by atoms with Crippen molar-refractivity contribution in [3.8, 4) is 0 Å². The van der Waals surface area contributed by atoms with E-state index in [1.165, 1.54) is 0 Å². The molecule has 2 rings (SSSR count). The van der Waals surface area contributed by atoms with Gasteiger partial charge in [0.1, 0.15) is 0 Å².